The van der Waals surface area contributed by atoms with Crippen molar-refractivity contribution in [1.29, 1.82) is 0 Å². The standard InChI is InChI=1S/C20H20N2O5S/c1-13(20(23)24)7-12-17-22-18(14-5-3-2-4-6-14)19(27-17)15-8-10-16(11-9-15)28(21,25)26/h2-6,8-11,13H,7,12H2,1H3,(H,23,24)(H2,21,25,26). The van der Waals surface area contributed by atoms with Crippen LogP contribution >= 0.6 is 0 Å². The molecule has 3 aromatic rings. The van der Waals surface area contributed by atoms with Gasteiger partial charge in [0.05, 0.1) is 10.8 Å². The number of carbonyl (C=O) groups is 1. The molecule has 2 aromatic carbocycles. The number of aromatic nitrogens is 1. The molecule has 0 radical (unpaired) electrons. The molecular weight excluding hydrogens is 380 g/mol. The molecule has 1 heterocycles. The summed E-state index contributed by atoms with van der Waals surface area (Å²) in [6, 6.07) is 15.5. The normalized spacial score (nSPS) is 12.6. The number of nitrogens with two attached hydrogens (primary N) is 1. The largest absolute Gasteiger partial charge is 0.481 e. The smallest absolute Gasteiger partial charge is 0.306 e. The highest BCUT2D eigenvalue weighted by Crippen LogP contribution is 2.33. The number of aryl methyl sites for hydroxylation is 1. The lowest BCUT2D eigenvalue weighted by atomic mass is 10.1. The van der Waals surface area contributed by atoms with Gasteiger partial charge in [-0.1, -0.05) is 37.3 Å². The van der Waals surface area contributed by atoms with Gasteiger partial charge < -0.3 is 9.52 Å². The van der Waals surface area contributed by atoms with Crippen LogP contribution < -0.4 is 5.14 Å². The number of carboxylic acids is 1. The molecule has 0 aliphatic heterocycles. The minimum atomic E-state index is -3.79. The van der Waals surface area contributed by atoms with E-state index in [0.717, 1.165) is 5.56 Å². The molecule has 1 aromatic heterocycles. The average Bonchev–Trinajstić information content (AvgIpc) is 3.10. The van der Waals surface area contributed by atoms with Crippen LogP contribution in [0.4, 0.5) is 0 Å². The lowest BCUT2D eigenvalue weighted by Gasteiger charge is -2.03. The van der Waals surface area contributed by atoms with E-state index in [1.165, 1.54) is 12.1 Å². The summed E-state index contributed by atoms with van der Waals surface area (Å²) in [7, 11) is -3.79. The van der Waals surface area contributed by atoms with Crippen LogP contribution in [0, 0.1) is 5.92 Å². The summed E-state index contributed by atoms with van der Waals surface area (Å²) < 4.78 is 28.9. The van der Waals surface area contributed by atoms with Gasteiger partial charge >= 0.3 is 5.97 Å². The maximum absolute atomic E-state index is 11.5. The maximum Gasteiger partial charge on any atom is 0.306 e. The minimum Gasteiger partial charge on any atom is -0.481 e. The number of rotatable bonds is 7. The van der Waals surface area contributed by atoms with Crippen LogP contribution in [0.2, 0.25) is 0 Å². The van der Waals surface area contributed by atoms with Crippen molar-refractivity contribution in [2.45, 2.75) is 24.7 Å². The second-order valence-corrected chi connectivity index (χ2v) is 8.06. The Morgan fingerprint density at radius 1 is 1.11 bits per heavy atom. The van der Waals surface area contributed by atoms with E-state index < -0.39 is 21.9 Å². The van der Waals surface area contributed by atoms with Crippen molar-refractivity contribution >= 4 is 16.0 Å². The van der Waals surface area contributed by atoms with E-state index in [2.05, 4.69) is 4.98 Å². The van der Waals surface area contributed by atoms with Crippen LogP contribution in [0.5, 0.6) is 0 Å². The summed E-state index contributed by atoms with van der Waals surface area (Å²) in [5, 5.41) is 14.2. The summed E-state index contributed by atoms with van der Waals surface area (Å²) in [4.78, 5) is 15.6. The fourth-order valence-electron chi connectivity index (χ4n) is 2.72. The molecule has 28 heavy (non-hydrogen) atoms. The Labute approximate surface area is 162 Å². The van der Waals surface area contributed by atoms with Gasteiger partial charge in [0, 0.05) is 17.5 Å². The highest BCUT2D eigenvalue weighted by Gasteiger charge is 2.19. The molecule has 1 unspecified atom stereocenters. The number of carboxylic acid groups (broad SMARTS) is 1. The SMILES string of the molecule is CC(CCc1nc(-c2ccccc2)c(-c2ccc(S(N)(=O)=O)cc2)o1)C(=O)O. The van der Waals surface area contributed by atoms with Gasteiger partial charge in [0.2, 0.25) is 10.0 Å². The number of benzene rings is 2. The number of aliphatic carboxylic acids is 1. The van der Waals surface area contributed by atoms with Gasteiger partial charge in [-0.3, -0.25) is 4.79 Å². The van der Waals surface area contributed by atoms with Crippen LogP contribution in [0.25, 0.3) is 22.6 Å². The van der Waals surface area contributed by atoms with Crippen molar-refractivity contribution in [3.8, 4) is 22.6 Å². The first kappa shape index (κ1) is 19.8. The fourth-order valence-corrected chi connectivity index (χ4v) is 3.23. The van der Waals surface area contributed by atoms with Crippen LogP contribution in [-0.2, 0) is 21.2 Å². The van der Waals surface area contributed by atoms with Crippen molar-refractivity contribution in [3.05, 3.63) is 60.5 Å². The highest BCUT2D eigenvalue weighted by atomic mass is 32.2. The Kier molecular flexibility index (Phi) is 5.62. The molecule has 146 valence electrons. The third-order valence-electron chi connectivity index (χ3n) is 4.38. The molecule has 0 fully saturated rings. The van der Waals surface area contributed by atoms with Crippen LogP contribution in [-0.4, -0.2) is 24.5 Å². The van der Waals surface area contributed by atoms with Gasteiger partial charge in [0.1, 0.15) is 5.69 Å². The van der Waals surface area contributed by atoms with Gasteiger partial charge in [-0.25, -0.2) is 18.5 Å². The van der Waals surface area contributed by atoms with Crippen LogP contribution in [0.1, 0.15) is 19.2 Å². The summed E-state index contributed by atoms with van der Waals surface area (Å²) in [5.74, 6) is -0.458. The van der Waals surface area contributed by atoms with Crippen molar-refractivity contribution in [1.82, 2.24) is 4.98 Å². The Bertz CT molecular complexity index is 1070. The van der Waals surface area contributed by atoms with Gasteiger partial charge in [0.25, 0.3) is 0 Å². The summed E-state index contributed by atoms with van der Waals surface area (Å²) in [6.07, 6.45) is 0.774. The number of primary sulfonamides is 1. The topological polar surface area (TPSA) is 123 Å². The molecule has 0 aliphatic carbocycles. The third kappa shape index (κ3) is 4.47. The molecule has 0 saturated carbocycles. The molecule has 8 heteroatoms. The molecule has 7 nitrogen and oxygen atoms in total. The molecular formula is C20H20N2O5S. The van der Waals surface area contributed by atoms with Crippen LogP contribution in [0.15, 0.2) is 63.9 Å². The fraction of sp³-hybridized carbons (Fsp3) is 0.200. The van der Waals surface area contributed by atoms with Gasteiger partial charge in [-0.05, 0) is 30.7 Å². The molecule has 1 atom stereocenters. The predicted molar refractivity (Wildman–Crippen MR) is 104 cm³/mol. The first-order valence-electron chi connectivity index (χ1n) is 8.67. The molecule has 3 rings (SSSR count). The molecule has 0 bridgehead atoms. The Morgan fingerprint density at radius 2 is 1.75 bits per heavy atom. The van der Waals surface area contributed by atoms with E-state index in [0.29, 0.717) is 35.7 Å². The number of hydrogen-bond donors (Lipinski definition) is 2. The van der Waals surface area contributed by atoms with Crippen molar-refractivity contribution < 1.29 is 22.7 Å². The number of sulfonamides is 1. The monoisotopic (exact) mass is 400 g/mol. The van der Waals surface area contributed by atoms with Gasteiger partial charge in [-0.15, -0.1) is 0 Å². The summed E-state index contributed by atoms with van der Waals surface area (Å²) >= 11 is 0. The number of oxazole rings is 1. The molecule has 0 aliphatic rings. The van der Waals surface area contributed by atoms with E-state index >= 15 is 0 Å². The van der Waals surface area contributed by atoms with E-state index in [1.807, 2.05) is 30.3 Å². The van der Waals surface area contributed by atoms with E-state index in [9.17, 15) is 13.2 Å². The first-order valence-corrected chi connectivity index (χ1v) is 10.2. The third-order valence-corrected chi connectivity index (χ3v) is 5.31. The van der Waals surface area contributed by atoms with E-state index in [1.54, 1.807) is 19.1 Å². The van der Waals surface area contributed by atoms with Gasteiger partial charge in [-0.2, -0.15) is 0 Å². The quantitative estimate of drug-likeness (QED) is 0.627. The molecule has 0 saturated heterocycles. The Hall–Kier alpha value is -2.97. The minimum absolute atomic E-state index is 0.00697. The Balaban J connectivity index is 2.00. The number of nitrogens with zero attached hydrogens (tertiary/aromatic N) is 1. The zero-order valence-electron chi connectivity index (χ0n) is 15.2. The Morgan fingerprint density at radius 3 is 2.32 bits per heavy atom. The highest BCUT2D eigenvalue weighted by molar-refractivity contribution is 7.89. The van der Waals surface area contributed by atoms with Crippen molar-refractivity contribution in [3.63, 3.8) is 0 Å². The second-order valence-electron chi connectivity index (χ2n) is 6.50. The molecule has 0 spiro atoms. The van der Waals surface area contributed by atoms with E-state index in [-0.39, 0.29) is 4.90 Å². The summed E-state index contributed by atoms with van der Waals surface area (Å²) in [5.41, 5.74) is 2.10. The molecule has 0 amide bonds. The summed E-state index contributed by atoms with van der Waals surface area (Å²) in [6.45, 7) is 1.64. The lowest BCUT2D eigenvalue weighted by molar-refractivity contribution is -0.141. The predicted octanol–water partition coefficient (Wildman–Crippen LogP) is 3.31. The number of hydrogen-bond acceptors (Lipinski definition) is 5. The lowest BCUT2D eigenvalue weighted by Crippen LogP contribution is -2.11. The maximum atomic E-state index is 11.5. The molecule has 3 N–H and O–H groups in total. The van der Waals surface area contributed by atoms with Crippen LogP contribution in [0.3, 0.4) is 0 Å². The van der Waals surface area contributed by atoms with Gasteiger partial charge in [0.15, 0.2) is 11.7 Å². The van der Waals surface area contributed by atoms with Crippen molar-refractivity contribution in [2.24, 2.45) is 11.1 Å². The first-order chi connectivity index (χ1) is 13.3. The van der Waals surface area contributed by atoms with Crippen molar-refractivity contribution in [2.75, 3.05) is 0 Å². The zero-order valence-corrected chi connectivity index (χ0v) is 16.0. The average molecular weight is 400 g/mol. The zero-order chi connectivity index (χ0) is 20.3. The van der Waals surface area contributed by atoms with E-state index in [4.69, 9.17) is 14.7 Å². The second kappa shape index (κ2) is 7.95.